The standard InChI is InChI=1S/C12H22N4O3/c1-10(16-5-3-13-4-6-16)12-14-11(19-15-12)9-18-8-7-17-2/h10,13H,3-9H2,1-2H3. The van der Waals surface area contributed by atoms with Crippen LogP contribution in [0.3, 0.4) is 0 Å². The molecule has 0 radical (unpaired) electrons. The van der Waals surface area contributed by atoms with Crippen LogP contribution in [0.4, 0.5) is 0 Å². The highest BCUT2D eigenvalue weighted by atomic mass is 16.5. The molecule has 1 aliphatic rings. The van der Waals surface area contributed by atoms with E-state index in [1.807, 2.05) is 0 Å². The normalized spacial score (nSPS) is 18.6. The van der Waals surface area contributed by atoms with Gasteiger partial charge in [0, 0.05) is 33.3 Å². The third kappa shape index (κ3) is 4.24. The lowest BCUT2D eigenvalue weighted by atomic mass is 10.2. The number of methoxy groups -OCH3 is 1. The molecule has 1 unspecified atom stereocenters. The van der Waals surface area contributed by atoms with Crippen LogP contribution in [0.2, 0.25) is 0 Å². The van der Waals surface area contributed by atoms with E-state index in [9.17, 15) is 0 Å². The van der Waals surface area contributed by atoms with Gasteiger partial charge in [-0.2, -0.15) is 4.98 Å². The molecule has 2 heterocycles. The molecule has 0 aliphatic carbocycles. The van der Waals surface area contributed by atoms with Crippen molar-refractivity contribution in [2.45, 2.75) is 19.6 Å². The van der Waals surface area contributed by atoms with Gasteiger partial charge in [-0.25, -0.2) is 0 Å². The fourth-order valence-electron chi connectivity index (χ4n) is 2.03. The van der Waals surface area contributed by atoms with Crippen molar-refractivity contribution in [3.05, 3.63) is 11.7 Å². The summed E-state index contributed by atoms with van der Waals surface area (Å²) in [5.74, 6) is 1.25. The molecule has 7 nitrogen and oxygen atoms in total. The van der Waals surface area contributed by atoms with Crippen molar-refractivity contribution in [2.75, 3.05) is 46.5 Å². The lowest BCUT2D eigenvalue weighted by Crippen LogP contribution is -2.44. The molecule has 1 aliphatic heterocycles. The molecule has 2 rings (SSSR count). The summed E-state index contributed by atoms with van der Waals surface area (Å²) in [5.41, 5.74) is 0. The Kier molecular flexibility index (Phi) is 5.71. The second-order valence-electron chi connectivity index (χ2n) is 4.55. The summed E-state index contributed by atoms with van der Waals surface area (Å²) >= 11 is 0. The molecule has 0 saturated carbocycles. The van der Waals surface area contributed by atoms with E-state index < -0.39 is 0 Å². The van der Waals surface area contributed by atoms with Crippen LogP contribution < -0.4 is 5.32 Å². The fourth-order valence-corrected chi connectivity index (χ4v) is 2.03. The molecule has 0 bridgehead atoms. The third-order valence-corrected chi connectivity index (χ3v) is 3.21. The van der Waals surface area contributed by atoms with Crippen molar-refractivity contribution in [2.24, 2.45) is 0 Å². The minimum absolute atomic E-state index is 0.179. The van der Waals surface area contributed by atoms with Crippen LogP contribution in [0.15, 0.2) is 4.52 Å². The summed E-state index contributed by atoms with van der Waals surface area (Å²) in [6.07, 6.45) is 0. The van der Waals surface area contributed by atoms with Crippen LogP contribution in [0.25, 0.3) is 0 Å². The van der Waals surface area contributed by atoms with Crippen molar-refractivity contribution in [3.63, 3.8) is 0 Å². The number of rotatable bonds is 7. The zero-order valence-electron chi connectivity index (χ0n) is 11.6. The van der Waals surface area contributed by atoms with Crippen LogP contribution in [0.1, 0.15) is 24.7 Å². The minimum atomic E-state index is 0.179. The first-order valence-electron chi connectivity index (χ1n) is 6.65. The highest BCUT2D eigenvalue weighted by Gasteiger charge is 2.22. The first kappa shape index (κ1) is 14.4. The molecule has 1 aromatic rings. The Bertz CT molecular complexity index is 366. The third-order valence-electron chi connectivity index (χ3n) is 3.21. The number of nitrogens with zero attached hydrogens (tertiary/aromatic N) is 3. The highest BCUT2D eigenvalue weighted by molar-refractivity contribution is 4.93. The van der Waals surface area contributed by atoms with Crippen LogP contribution in [0.5, 0.6) is 0 Å². The molecule has 1 fully saturated rings. The van der Waals surface area contributed by atoms with Gasteiger partial charge in [0.15, 0.2) is 5.82 Å². The number of aromatic nitrogens is 2. The zero-order valence-corrected chi connectivity index (χ0v) is 11.6. The number of hydrogen-bond acceptors (Lipinski definition) is 7. The minimum Gasteiger partial charge on any atom is -0.382 e. The topological polar surface area (TPSA) is 72.7 Å². The van der Waals surface area contributed by atoms with Gasteiger partial charge in [0.2, 0.25) is 0 Å². The second-order valence-corrected chi connectivity index (χ2v) is 4.55. The summed E-state index contributed by atoms with van der Waals surface area (Å²) in [5, 5.41) is 7.36. The van der Waals surface area contributed by atoms with E-state index in [-0.39, 0.29) is 6.04 Å². The maximum Gasteiger partial charge on any atom is 0.252 e. The van der Waals surface area contributed by atoms with E-state index in [1.54, 1.807) is 7.11 Å². The number of hydrogen-bond donors (Lipinski definition) is 1. The molecule has 108 valence electrons. The van der Waals surface area contributed by atoms with Crippen molar-refractivity contribution in [1.82, 2.24) is 20.4 Å². The van der Waals surface area contributed by atoms with Crippen molar-refractivity contribution in [3.8, 4) is 0 Å². The molecular formula is C12H22N4O3. The van der Waals surface area contributed by atoms with Crippen LogP contribution >= 0.6 is 0 Å². The molecule has 1 saturated heterocycles. The van der Waals surface area contributed by atoms with Gasteiger partial charge in [-0.3, -0.25) is 4.90 Å². The maximum atomic E-state index is 5.35. The molecular weight excluding hydrogens is 248 g/mol. The fraction of sp³-hybridized carbons (Fsp3) is 0.833. The lowest BCUT2D eigenvalue weighted by Gasteiger charge is -2.30. The Hall–Kier alpha value is -1.02. The van der Waals surface area contributed by atoms with E-state index in [1.165, 1.54) is 0 Å². The average Bonchev–Trinajstić information content (AvgIpc) is 2.92. The first-order valence-corrected chi connectivity index (χ1v) is 6.65. The van der Waals surface area contributed by atoms with Crippen LogP contribution in [0, 0.1) is 0 Å². The van der Waals surface area contributed by atoms with Gasteiger partial charge in [-0.1, -0.05) is 5.16 Å². The maximum absolute atomic E-state index is 5.35. The average molecular weight is 270 g/mol. The number of piperazine rings is 1. The predicted octanol–water partition coefficient (Wildman–Crippen LogP) is 0.199. The Morgan fingerprint density at radius 3 is 2.89 bits per heavy atom. The van der Waals surface area contributed by atoms with E-state index >= 15 is 0 Å². The molecule has 1 atom stereocenters. The number of nitrogens with one attached hydrogen (secondary N) is 1. The van der Waals surface area contributed by atoms with E-state index in [2.05, 4.69) is 27.3 Å². The van der Waals surface area contributed by atoms with E-state index in [4.69, 9.17) is 14.0 Å². The van der Waals surface area contributed by atoms with E-state index in [0.29, 0.717) is 25.7 Å². The summed E-state index contributed by atoms with van der Waals surface area (Å²) in [6, 6.07) is 0.179. The van der Waals surface area contributed by atoms with Gasteiger partial charge in [0.1, 0.15) is 6.61 Å². The Morgan fingerprint density at radius 2 is 2.16 bits per heavy atom. The van der Waals surface area contributed by atoms with E-state index in [0.717, 1.165) is 32.0 Å². The first-order chi connectivity index (χ1) is 9.31. The summed E-state index contributed by atoms with van der Waals surface area (Å²) in [7, 11) is 1.64. The van der Waals surface area contributed by atoms with Gasteiger partial charge in [-0.05, 0) is 6.92 Å². The predicted molar refractivity (Wildman–Crippen MR) is 68.7 cm³/mol. The lowest BCUT2D eigenvalue weighted by molar-refractivity contribution is 0.0494. The van der Waals surface area contributed by atoms with Crippen molar-refractivity contribution >= 4 is 0 Å². The Balaban J connectivity index is 1.81. The van der Waals surface area contributed by atoms with Gasteiger partial charge in [0.25, 0.3) is 5.89 Å². The smallest absolute Gasteiger partial charge is 0.252 e. The van der Waals surface area contributed by atoms with Crippen LogP contribution in [-0.4, -0.2) is 61.5 Å². The van der Waals surface area contributed by atoms with Gasteiger partial charge in [0.05, 0.1) is 19.3 Å². The second kappa shape index (κ2) is 7.54. The Labute approximate surface area is 113 Å². The van der Waals surface area contributed by atoms with Gasteiger partial charge < -0.3 is 19.3 Å². The summed E-state index contributed by atoms with van der Waals surface area (Å²) in [6.45, 7) is 7.57. The monoisotopic (exact) mass is 270 g/mol. The van der Waals surface area contributed by atoms with Gasteiger partial charge in [-0.15, -0.1) is 0 Å². The highest BCUT2D eigenvalue weighted by Crippen LogP contribution is 2.17. The summed E-state index contributed by atoms with van der Waals surface area (Å²) in [4.78, 5) is 6.72. The quantitative estimate of drug-likeness (QED) is 0.709. The van der Waals surface area contributed by atoms with Crippen molar-refractivity contribution < 1.29 is 14.0 Å². The van der Waals surface area contributed by atoms with Crippen molar-refractivity contribution in [1.29, 1.82) is 0 Å². The SMILES string of the molecule is COCCOCc1nc(C(C)N2CCNCC2)no1. The van der Waals surface area contributed by atoms with Gasteiger partial charge >= 0.3 is 0 Å². The molecule has 0 aromatic carbocycles. The largest absolute Gasteiger partial charge is 0.382 e. The zero-order chi connectivity index (χ0) is 13.5. The Morgan fingerprint density at radius 1 is 1.37 bits per heavy atom. The summed E-state index contributed by atoms with van der Waals surface area (Å²) < 4.78 is 15.4. The molecule has 0 amide bonds. The molecule has 1 aromatic heterocycles. The molecule has 1 N–H and O–H groups in total. The number of ether oxygens (including phenoxy) is 2. The molecule has 7 heteroatoms. The van der Waals surface area contributed by atoms with Crippen LogP contribution in [-0.2, 0) is 16.1 Å². The molecule has 19 heavy (non-hydrogen) atoms. The molecule has 0 spiro atoms.